The Kier molecular flexibility index (Phi) is 3.31. The third kappa shape index (κ3) is 2.56. The quantitative estimate of drug-likeness (QED) is 0.921. The molecule has 17 heavy (non-hydrogen) atoms. The van der Waals surface area contributed by atoms with E-state index in [-0.39, 0.29) is 0 Å². The number of nitrogens with two attached hydrogens (primary N) is 1. The van der Waals surface area contributed by atoms with Gasteiger partial charge in [0, 0.05) is 16.4 Å². The maximum Gasteiger partial charge on any atom is 0.0652 e. The lowest BCUT2D eigenvalue weighted by Gasteiger charge is -2.25. The van der Waals surface area contributed by atoms with Crippen molar-refractivity contribution in [3.8, 4) is 0 Å². The van der Waals surface area contributed by atoms with Gasteiger partial charge in [0.2, 0.25) is 0 Å². The average molecular weight is 291 g/mol. The molecular weight excluding hydrogens is 276 g/mol. The summed E-state index contributed by atoms with van der Waals surface area (Å²) >= 11 is 3.47. The van der Waals surface area contributed by atoms with E-state index in [0.29, 0.717) is 0 Å². The highest BCUT2D eigenvalue weighted by Crippen LogP contribution is 2.27. The number of hydrogen-bond acceptors (Lipinski definition) is 2. The molecule has 3 heteroatoms. The van der Waals surface area contributed by atoms with Crippen molar-refractivity contribution in [1.82, 2.24) is 4.98 Å². The Morgan fingerprint density at radius 2 is 1.94 bits per heavy atom. The first-order valence-electron chi connectivity index (χ1n) is 5.48. The van der Waals surface area contributed by atoms with Crippen LogP contribution >= 0.6 is 15.9 Å². The zero-order valence-corrected chi connectivity index (χ0v) is 11.5. The molecule has 2 rings (SSSR count). The van der Waals surface area contributed by atoms with Gasteiger partial charge < -0.3 is 5.73 Å². The highest BCUT2D eigenvalue weighted by molar-refractivity contribution is 9.10. The number of rotatable bonds is 2. The summed E-state index contributed by atoms with van der Waals surface area (Å²) in [4.78, 5) is 4.30. The molecule has 88 valence electrons. The van der Waals surface area contributed by atoms with Gasteiger partial charge in [-0.2, -0.15) is 0 Å². The van der Waals surface area contributed by atoms with Gasteiger partial charge in [0.1, 0.15) is 0 Å². The SMILES string of the molecule is Cc1ccc(C(C)(N)c2cccc(Br)c2)cn1. The average Bonchev–Trinajstić information content (AvgIpc) is 2.29. The topological polar surface area (TPSA) is 38.9 Å². The highest BCUT2D eigenvalue weighted by atomic mass is 79.9. The van der Waals surface area contributed by atoms with Crippen LogP contribution in [0, 0.1) is 6.92 Å². The van der Waals surface area contributed by atoms with E-state index >= 15 is 0 Å². The molecule has 0 saturated heterocycles. The van der Waals surface area contributed by atoms with E-state index in [1.807, 2.05) is 56.4 Å². The van der Waals surface area contributed by atoms with Crippen molar-refractivity contribution in [2.75, 3.05) is 0 Å². The van der Waals surface area contributed by atoms with Crippen LogP contribution < -0.4 is 5.73 Å². The number of hydrogen-bond donors (Lipinski definition) is 1. The minimum atomic E-state index is -0.523. The molecule has 0 bridgehead atoms. The predicted octanol–water partition coefficient (Wildman–Crippen LogP) is 3.37. The molecule has 2 nitrogen and oxygen atoms in total. The zero-order valence-electron chi connectivity index (χ0n) is 9.94. The van der Waals surface area contributed by atoms with E-state index in [1.165, 1.54) is 0 Å². The first kappa shape index (κ1) is 12.3. The second-order valence-electron chi connectivity index (χ2n) is 4.40. The van der Waals surface area contributed by atoms with Crippen LogP contribution in [0.4, 0.5) is 0 Å². The first-order chi connectivity index (χ1) is 8.00. The number of halogens is 1. The van der Waals surface area contributed by atoms with Crippen molar-refractivity contribution in [2.24, 2.45) is 5.73 Å². The molecule has 0 aliphatic carbocycles. The number of aryl methyl sites for hydroxylation is 1. The normalized spacial score (nSPS) is 14.4. The summed E-state index contributed by atoms with van der Waals surface area (Å²) in [7, 11) is 0. The third-order valence-corrected chi connectivity index (χ3v) is 3.43. The van der Waals surface area contributed by atoms with E-state index in [9.17, 15) is 0 Å². The van der Waals surface area contributed by atoms with Crippen LogP contribution in [0.3, 0.4) is 0 Å². The fourth-order valence-electron chi connectivity index (χ4n) is 1.75. The molecule has 0 spiro atoms. The molecule has 1 heterocycles. The lowest BCUT2D eigenvalue weighted by Crippen LogP contribution is -2.34. The second-order valence-corrected chi connectivity index (χ2v) is 5.32. The number of pyridine rings is 1. The van der Waals surface area contributed by atoms with E-state index in [4.69, 9.17) is 5.73 Å². The van der Waals surface area contributed by atoms with E-state index < -0.39 is 5.54 Å². The van der Waals surface area contributed by atoms with Crippen LogP contribution in [0.1, 0.15) is 23.7 Å². The summed E-state index contributed by atoms with van der Waals surface area (Å²) < 4.78 is 1.03. The van der Waals surface area contributed by atoms with Gasteiger partial charge in [0.15, 0.2) is 0 Å². The summed E-state index contributed by atoms with van der Waals surface area (Å²) in [5.74, 6) is 0. The number of benzene rings is 1. The third-order valence-electron chi connectivity index (χ3n) is 2.94. The largest absolute Gasteiger partial charge is 0.318 e. The van der Waals surface area contributed by atoms with Crippen molar-refractivity contribution in [3.63, 3.8) is 0 Å². The van der Waals surface area contributed by atoms with E-state index in [2.05, 4.69) is 20.9 Å². The predicted molar refractivity (Wildman–Crippen MR) is 73.8 cm³/mol. The summed E-state index contributed by atoms with van der Waals surface area (Å²) in [6.45, 7) is 3.97. The lowest BCUT2D eigenvalue weighted by atomic mass is 9.87. The Hall–Kier alpha value is -1.19. The second kappa shape index (κ2) is 4.59. The number of aromatic nitrogens is 1. The molecule has 0 saturated carbocycles. The molecule has 0 amide bonds. The van der Waals surface area contributed by atoms with Gasteiger partial charge in [-0.1, -0.05) is 34.1 Å². The fourth-order valence-corrected chi connectivity index (χ4v) is 2.15. The van der Waals surface area contributed by atoms with Crippen LogP contribution in [0.5, 0.6) is 0 Å². The zero-order chi connectivity index (χ0) is 12.5. The minimum Gasteiger partial charge on any atom is -0.318 e. The van der Waals surface area contributed by atoms with Crippen molar-refractivity contribution < 1.29 is 0 Å². The molecule has 1 unspecified atom stereocenters. The molecule has 1 aromatic heterocycles. The smallest absolute Gasteiger partial charge is 0.0652 e. The lowest BCUT2D eigenvalue weighted by molar-refractivity contribution is 0.599. The molecule has 1 atom stereocenters. The van der Waals surface area contributed by atoms with Crippen molar-refractivity contribution in [2.45, 2.75) is 19.4 Å². The maximum absolute atomic E-state index is 6.42. The van der Waals surface area contributed by atoms with Gasteiger partial charge in [-0.3, -0.25) is 4.98 Å². The van der Waals surface area contributed by atoms with Crippen LogP contribution in [-0.4, -0.2) is 4.98 Å². The molecular formula is C14H15BrN2. The molecule has 2 N–H and O–H groups in total. The van der Waals surface area contributed by atoms with Crippen LogP contribution in [0.15, 0.2) is 47.1 Å². The standard InChI is InChI=1S/C14H15BrN2/c1-10-6-7-12(9-17-10)14(2,16)11-4-3-5-13(15)8-11/h3-9H,16H2,1-2H3. The van der Waals surface area contributed by atoms with Crippen LogP contribution in [0.25, 0.3) is 0 Å². The van der Waals surface area contributed by atoms with Gasteiger partial charge in [0.25, 0.3) is 0 Å². The molecule has 1 aromatic carbocycles. The molecule has 0 fully saturated rings. The Labute approximate surface area is 110 Å². The van der Waals surface area contributed by atoms with Gasteiger partial charge in [-0.25, -0.2) is 0 Å². The Bertz CT molecular complexity index is 518. The molecule has 2 aromatic rings. The van der Waals surface area contributed by atoms with Crippen LogP contribution in [0.2, 0.25) is 0 Å². The summed E-state index contributed by atoms with van der Waals surface area (Å²) in [5.41, 5.74) is 8.98. The first-order valence-corrected chi connectivity index (χ1v) is 6.27. The minimum absolute atomic E-state index is 0.523. The summed E-state index contributed by atoms with van der Waals surface area (Å²) in [6.07, 6.45) is 1.84. The van der Waals surface area contributed by atoms with Crippen molar-refractivity contribution >= 4 is 15.9 Å². The van der Waals surface area contributed by atoms with Gasteiger partial charge in [-0.15, -0.1) is 0 Å². The Morgan fingerprint density at radius 3 is 2.53 bits per heavy atom. The molecule has 0 aliphatic heterocycles. The summed E-state index contributed by atoms with van der Waals surface area (Å²) in [5, 5.41) is 0. The fraction of sp³-hybridized carbons (Fsp3) is 0.214. The molecule has 0 aliphatic rings. The monoisotopic (exact) mass is 290 g/mol. The number of nitrogens with zero attached hydrogens (tertiary/aromatic N) is 1. The van der Waals surface area contributed by atoms with E-state index in [1.54, 1.807) is 0 Å². The van der Waals surface area contributed by atoms with Gasteiger partial charge in [-0.05, 0) is 43.2 Å². The van der Waals surface area contributed by atoms with Crippen molar-refractivity contribution in [1.29, 1.82) is 0 Å². The Morgan fingerprint density at radius 1 is 1.18 bits per heavy atom. The van der Waals surface area contributed by atoms with Crippen LogP contribution in [-0.2, 0) is 5.54 Å². The maximum atomic E-state index is 6.42. The van der Waals surface area contributed by atoms with Gasteiger partial charge in [0.05, 0.1) is 5.54 Å². The van der Waals surface area contributed by atoms with Gasteiger partial charge >= 0.3 is 0 Å². The van der Waals surface area contributed by atoms with E-state index in [0.717, 1.165) is 21.3 Å². The summed E-state index contributed by atoms with van der Waals surface area (Å²) in [6, 6.07) is 12.1. The molecule has 0 radical (unpaired) electrons. The Balaban J connectivity index is 2.45. The highest BCUT2D eigenvalue weighted by Gasteiger charge is 2.23. The van der Waals surface area contributed by atoms with Crippen molar-refractivity contribution in [3.05, 3.63) is 63.9 Å².